The fourth-order valence-corrected chi connectivity index (χ4v) is 2.20. The van der Waals surface area contributed by atoms with Crippen LogP contribution in [0.2, 0.25) is 0 Å². The second kappa shape index (κ2) is 8.19. The smallest absolute Gasteiger partial charge is 0.434 e. The number of nitrogens with one attached hydrogen (secondary N) is 1. The van der Waals surface area contributed by atoms with Gasteiger partial charge in [0.1, 0.15) is 5.56 Å². The molecule has 0 bridgehead atoms. The maximum atomic E-state index is 13.4. The molecule has 1 aromatic carbocycles. The first-order chi connectivity index (χ1) is 12.3. The van der Waals surface area contributed by atoms with E-state index in [1.165, 1.54) is 31.2 Å². The normalized spacial score (nSPS) is 12.7. The van der Waals surface area contributed by atoms with Gasteiger partial charge in [0.25, 0.3) is 0 Å². The van der Waals surface area contributed by atoms with Crippen LogP contribution in [0.25, 0.3) is 5.69 Å². The fourth-order valence-electron chi connectivity index (χ4n) is 2.20. The number of carbonyl (C=O) groups excluding carboxylic acids is 1. The summed E-state index contributed by atoms with van der Waals surface area (Å²) in [6, 6.07) is 5.74. The number of nitrogens with zero attached hydrogens (tertiary/aromatic N) is 2. The lowest BCUT2D eigenvalue weighted by molar-refractivity contribution is -0.143. The molecule has 7 nitrogen and oxygen atoms in total. The van der Waals surface area contributed by atoms with Crippen LogP contribution in [0.4, 0.5) is 18.9 Å². The molecule has 0 aliphatic carbocycles. The van der Waals surface area contributed by atoms with Gasteiger partial charge in [0.2, 0.25) is 0 Å². The third kappa shape index (κ3) is 4.52. The molecule has 2 aromatic rings. The number of esters is 1. The molecule has 0 aliphatic rings. The van der Waals surface area contributed by atoms with Crippen molar-refractivity contribution >= 4 is 11.7 Å². The Bertz CT molecular complexity index is 744. The Morgan fingerprint density at radius 2 is 2.00 bits per heavy atom. The largest absolute Gasteiger partial charge is 0.462 e. The van der Waals surface area contributed by atoms with Gasteiger partial charge in [-0.1, -0.05) is 0 Å². The van der Waals surface area contributed by atoms with Gasteiger partial charge in [0, 0.05) is 12.2 Å². The van der Waals surface area contributed by atoms with Gasteiger partial charge < -0.3 is 20.3 Å². The van der Waals surface area contributed by atoms with Crippen LogP contribution < -0.4 is 5.32 Å². The Kier molecular flexibility index (Phi) is 6.22. The summed E-state index contributed by atoms with van der Waals surface area (Å²) in [5, 5.41) is 24.5. The van der Waals surface area contributed by atoms with Crippen LogP contribution in [-0.2, 0) is 10.9 Å². The highest BCUT2D eigenvalue weighted by Gasteiger charge is 2.41. The van der Waals surface area contributed by atoms with E-state index in [9.17, 15) is 23.1 Å². The van der Waals surface area contributed by atoms with Crippen molar-refractivity contribution in [1.82, 2.24) is 9.78 Å². The summed E-state index contributed by atoms with van der Waals surface area (Å²) in [6.45, 7) is 1.11. The number of aromatic nitrogens is 2. The Morgan fingerprint density at radius 3 is 2.54 bits per heavy atom. The zero-order chi connectivity index (χ0) is 19.3. The second-order valence-electron chi connectivity index (χ2n) is 5.30. The van der Waals surface area contributed by atoms with Crippen molar-refractivity contribution in [3.05, 3.63) is 41.7 Å². The van der Waals surface area contributed by atoms with E-state index in [1.54, 1.807) is 0 Å². The van der Waals surface area contributed by atoms with E-state index in [0.717, 1.165) is 6.20 Å². The quantitative estimate of drug-likeness (QED) is 0.641. The number of halogens is 3. The molecular weight excluding hydrogens is 355 g/mol. The van der Waals surface area contributed by atoms with Crippen LogP contribution in [0.5, 0.6) is 0 Å². The molecule has 2 rings (SSSR count). The molecule has 0 spiro atoms. The van der Waals surface area contributed by atoms with Crippen molar-refractivity contribution in [2.45, 2.75) is 19.2 Å². The van der Waals surface area contributed by atoms with Crippen molar-refractivity contribution in [3.8, 4) is 5.69 Å². The molecule has 0 saturated heterocycles. The predicted octanol–water partition coefficient (Wildman–Crippen LogP) is 1.83. The number of ether oxygens (including phenoxy) is 1. The number of benzene rings is 1. The van der Waals surface area contributed by atoms with Gasteiger partial charge in [0.05, 0.1) is 31.2 Å². The van der Waals surface area contributed by atoms with Gasteiger partial charge >= 0.3 is 12.1 Å². The number of hydrogen-bond acceptors (Lipinski definition) is 6. The molecule has 0 amide bonds. The zero-order valence-electron chi connectivity index (χ0n) is 13.8. The van der Waals surface area contributed by atoms with Crippen molar-refractivity contribution < 1.29 is 32.9 Å². The molecule has 1 heterocycles. The number of rotatable bonds is 7. The van der Waals surface area contributed by atoms with Crippen LogP contribution in [0.1, 0.15) is 23.0 Å². The fraction of sp³-hybridized carbons (Fsp3) is 0.375. The number of aliphatic hydroxyl groups excluding tert-OH is 2. The summed E-state index contributed by atoms with van der Waals surface area (Å²) >= 11 is 0. The summed E-state index contributed by atoms with van der Waals surface area (Å²) in [5.41, 5.74) is -1.24. The highest BCUT2D eigenvalue weighted by molar-refractivity contribution is 5.90. The van der Waals surface area contributed by atoms with Crippen molar-refractivity contribution in [3.63, 3.8) is 0 Å². The van der Waals surface area contributed by atoms with Gasteiger partial charge in [-0.25, -0.2) is 9.48 Å². The van der Waals surface area contributed by atoms with Crippen molar-refractivity contribution in [2.24, 2.45) is 0 Å². The Balaban J connectivity index is 2.32. The summed E-state index contributed by atoms with van der Waals surface area (Å²) in [6.07, 6.45) is -4.93. The van der Waals surface area contributed by atoms with E-state index in [-0.39, 0.29) is 18.8 Å². The lowest BCUT2D eigenvalue weighted by atomic mass is 10.2. The van der Waals surface area contributed by atoms with E-state index < -0.39 is 36.1 Å². The topological polar surface area (TPSA) is 96.6 Å². The molecule has 10 heteroatoms. The van der Waals surface area contributed by atoms with Gasteiger partial charge in [-0.3, -0.25) is 0 Å². The van der Waals surface area contributed by atoms with E-state index >= 15 is 0 Å². The minimum Gasteiger partial charge on any atom is -0.462 e. The summed E-state index contributed by atoms with van der Waals surface area (Å²) < 4.78 is 45.5. The lowest BCUT2D eigenvalue weighted by Gasteiger charge is -2.14. The number of carbonyl (C=O) groups is 1. The van der Waals surface area contributed by atoms with E-state index in [4.69, 9.17) is 5.11 Å². The number of anilines is 1. The number of alkyl halides is 3. The van der Waals surface area contributed by atoms with Crippen LogP contribution in [0.15, 0.2) is 30.5 Å². The highest BCUT2D eigenvalue weighted by Crippen LogP contribution is 2.34. The van der Waals surface area contributed by atoms with Crippen LogP contribution >= 0.6 is 0 Å². The highest BCUT2D eigenvalue weighted by atomic mass is 19.4. The number of aliphatic hydroxyl groups is 2. The van der Waals surface area contributed by atoms with Crippen molar-refractivity contribution in [2.75, 3.05) is 25.1 Å². The zero-order valence-corrected chi connectivity index (χ0v) is 13.8. The summed E-state index contributed by atoms with van der Waals surface area (Å²) in [7, 11) is 0. The first kappa shape index (κ1) is 19.7. The maximum Gasteiger partial charge on any atom is 0.434 e. The van der Waals surface area contributed by atoms with Gasteiger partial charge in [-0.15, -0.1) is 0 Å². The van der Waals surface area contributed by atoms with E-state index in [1.807, 2.05) is 0 Å². The first-order valence-corrected chi connectivity index (χ1v) is 7.73. The molecule has 1 aromatic heterocycles. The third-order valence-corrected chi connectivity index (χ3v) is 3.40. The maximum absolute atomic E-state index is 13.4. The third-order valence-electron chi connectivity index (χ3n) is 3.40. The molecule has 0 saturated carbocycles. The minimum atomic E-state index is -4.80. The summed E-state index contributed by atoms with van der Waals surface area (Å²) in [4.78, 5) is 11.8. The Morgan fingerprint density at radius 1 is 1.35 bits per heavy atom. The van der Waals surface area contributed by atoms with Gasteiger partial charge in [-0.2, -0.15) is 18.3 Å². The molecular formula is C16H18F3N3O4. The molecule has 0 aliphatic heterocycles. The minimum absolute atomic E-state index is 0.0542. The monoisotopic (exact) mass is 373 g/mol. The van der Waals surface area contributed by atoms with Crippen LogP contribution in [0.3, 0.4) is 0 Å². The molecule has 0 radical (unpaired) electrons. The van der Waals surface area contributed by atoms with Gasteiger partial charge in [-0.05, 0) is 31.2 Å². The molecule has 142 valence electrons. The second-order valence-corrected chi connectivity index (χ2v) is 5.30. The first-order valence-electron chi connectivity index (χ1n) is 7.73. The average Bonchev–Trinajstić information content (AvgIpc) is 3.06. The average molecular weight is 373 g/mol. The van der Waals surface area contributed by atoms with Gasteiger partial charge in [0.15, 0.2) is 5.69 Å². The predicted molar refractivity (Wildman–Crippen MR) is 86.1 cm³/mol. The molecule has 0 fully saturated rings. The summed E-state index contributed by atoms with van der Waals surface area (Å²) in [5.74, 6) is -1.10. The van der Waals surface area contributed by atoms with E-state index in [2.05, 4.69) is 15.2 Å². The van der Waals surface area contributed by atoms with Crippen molar-refractivity contribution in [1.29, 1.82) is 0 Å². The molecule has 1 atom stereocenters. The van der Waals surface area contributed by atoms with Crippen LogP contribution in [0, 0.1) is 0 Å². The van der Waals surface area contributed by atoms with Crippen LogP contribution in [-0.4, -0.2) is 51.8 Å². The molecule has 3 N–H and O–H groups in total. The lowest BCUT2D eigenvalue weighted by Crippen LogP contribution is -2.22. The Hall–Kier alpha value is -2.59. The standard InChI is InChI=1S/C16H18F3N3O4/c1-2-26-15(25)13-8-21-22(14(13)16(17,18)19)11-5-3-10(4-6-11)20-7-12(24)9-23/h3-6,8,12,20,23-24H,2,7,9H2,1H3. The molecule has 1 unspecified atom stereocenters. The molecule has 26 heavy (non-hydrogen) atoms. The SMILES string of the molecule is CCOC(=O)c1cnn(-c2ccc(NCC(O)CO)cc2)c1C(F)(F)F. The Labute approximate surface area is 147 Å². The number of hydrogen-bond donors (Lipinski definition) is 3. The van der Waals surface area contributed by atoms with E-state index in [0.29, 0.717) is 10.4 Å².